The van der Waals surface area contributed by atoms with Gasteiger partial charge in [0.1, 0.15) is 12.4 Å². The Hall–Kier alpha value is -2.93. The number of urea groups is 1. The lowest BCUT2D eigenvalue weighted by molar-refractivity contribution is -0.142. The molecule has 3 rings (SSSR count). The third-order valence-electron chi connectivity index (χ3n) is 5.37. The van der Waals surface area contributed by atoms with Crippen molar-refractivity contribution in [3.05, 3.63) is 60.4 Å². The zero-order valence-corrected chi connectivity index (χ0v) is 16.8. The average Bonchev–Trinajstić information content (AvgIpc) is 2.74. The molecule has 0 aliphatic heterocycles. The van der Waals surface area contributed by atoms with Crippen molar-refractivity contribution < 1.29 is 23.8 Å². The second-order valence-corrected chi connectivity index (χ2v) is 7.63. The molecule has 2 N–H and O–H groups in total. The number of hydrogen-bond acceptors (Lipinski definition) is 3. The van der Waals surface area contributed by atoms with Gasteiger partial charge in [0, 0.05) is 6.54 Å². The standard InChI is InChI=1S/C23H27FN2O4/c24-19-5-4-8-21(13-19)26(20-6-2-1-3-7-20)23(29)25-14-17-9-11-18(12-10-17)15-30-16-22(27)28/h1-8,13,17-18H,9-12,14-16H2,(H,25,29)(H,27,28). The fourth-order valence-electron chi connectivity index (χ4n) is 3.80. The zero-order chi connectivity index (χ0) is 21.3. The van der Waals surface area contributed by atoms with Crippen LogP contribution in [0.4, 0.5) is 20.6 Å². The summed E-state index contributed by atoms with van der Waals surface area (Å²) in [5.41, 5.74) is 1.14. The van der Waals surface area contributed by atoms with Gasteiger partial charge in [-0.25, -0.2) is 14.0 Å². The summed E-state index contributed by atoms with van der Waals surface area (Å²) >= 11 is 0. The molecule has 1 aliphatic carbocycles. The van der Waals surface area contributed by atoms with Crippen LogP contribution >= 0.6 is 0 Å². The summed E-state index contributed by atoms with van der Waals surface area (Å²) in [6.45, 7) is 0.748. The Bertz CT molecular complexity index is 838. The summed E-state index contributed by atoms with van der Waals surface area (Å²) in [5, 5.41) is 11.6. The Morgan fingerprint density at radius 3 is 2.33 bits per heavy atom. The van der Waals surface area contributed by atoms with Crippen LogP contribution in [0.1, 0.15) is 25.7 Å². The molecular formula is C23H27FN2O4. The molecular weight excluding hydrogens is 387 g/mol. The van der Waals surface area contributed by atoms with Crippen molar-refractivity contribution in [3.8, 4) is 0 Å². The second-order valence-electron chi connectivity index (χ2n) is 7.63. The van der Waals surface area contributed by atoms with Gasteiger partial charge in [-0.3, -0.25) is 4.90 Å². The molecule has 2 aromatic carbocycles. The van der Waals surface area contributed by atoms with Crippen LogP contribution in [0.2, 0.25) is 0 Å². The molecule has 7 heteroatoms. The normalized spacial score (nSPS) is 18.6. The van der Waals surface area contributed by atoms with E-state index in [-0.39, 0.29) is 12.6 Å². The Balaban J connectivity index is 1.55. The lowest BCUT2D eigenvalue weighted by Crippen LogP contribution is -2.40. The van der Waals surface area contributed by atoms with Crippen LogP contribution in [0.3, 0.4) is 0 Å². The molecule has 0 bridgehead atoms. The number of benzene rings is 2. The van der Waals surface area contributed by atoms with Crippen LogP contribution < -0.4 is 10.2 Å². The molecule has 1 fully saturated rings. The van der Waals surface area contributed by atoms with E-state index >= 15 is 0 Å². The van der Waals surface area contributed by atoms with E-state index in [2.05, 4.69) is 5.32 Å². The van der Waals surface area contributed by atoms with Crippen molar-refractivity contribution >= 4 is 23.4 Å². The molecule has 1 saturated carbocycles. The highest BCUT2D eigenvalue weighted by Gasteiger charge is 2.24. The van der Waals surface area contributed by atoms with E-state index in [1.165, 1.54) is 17.0 Å². The van der Waals surface area contributed by atoms with Gasteiger partial charge in [0.15, 0.2) is 0 Å². The highest BCUT2D eigenvalue weighted by atomic mass is 19.1. The maximum absolute atomic E-state index is 13.8. The number of carboxylic acid groups (broad SMARTS) is 1. The summed E-state index contributed by atoms with van der Waals surface area (Å²) in [5.74, 6) is -0.628. The minimum Gasteiger partial charge on any atom is -0.480 e. The third-order valence-corrected chi connectivity index (χ3v) is 5.37. The number of para-hydroxylation sites is 1. The number of anilines is 2. The van der Waals surface area contributed by atoms with Crippen molar-refractivity contribution in [2.75, 3.05) is 24.7 Å². The number of carbonyl (C=O) groups is 2. The molecule has 0 radical (unpaired) electrons. The minimum atomic E-state index is -0.951. The van der Waals surface area contributed by atoms with Gasteiger partial charge in [0.25, 0.3) is 0 Å². The molecule has 30 heavy (non-hydrogen) atoms. The van der Waals surface area contributed by atoms with E-state index in [1.54, 1.807) is 12.1 Å². The van der Waals surface area contributed by atoms with E-state index in [0.29, 0.717) is 36.4 Å². The first kappa shape index (κ1) is 21.8. The van der Waals surface area contributed by atoms with Gasteiger partial charge in [-0.15, -0.1) is 0 Å². The van der Waals surface area contributed by atoms with Crippen LogP contribution in [0.5, 0.6) is 0 Å². The van der Waals surface area contributed by atoms with Crippen LogP contribution in [0.15, 0.2) is 54.6 Å². The van der Waals surface area contributed by atoms with Gasteiger partial charge >= 0.3 is 12.0 Å². The van der Waals surface area contributed by atoms with Crippen molar-refractivity contribution in [1.29, 1.82) is 0 Å². The van der Waals surface area contributed by atoms with Crippen molar-refractivity contribution in [3.63, 3.8) is 0 Å². The zero-order valence-electron chi connectivity index (χ0n) is 16.8. The fraction of sp³-hybridized carbons (Fsp3) is 0.391. The third kappa shape index (κ3) is 6.29. The number of rotatable bonds is 8. The van der Waals surface area contributed by atoms with Gasteiger partial charge in [0.05, 0.1) is 18.0 Å². The molecule has 2 amide bonds. The highest BCUT2D eigenvalue weighted by Crippen LogP contribution is 2.29. The van der Waals surface area contributed by atoms with Crippen LogP contribution in [-0.4, -0.2) is 36.9 Å². The lowest BCUT2D eigenvalue weighted by atomic mass is 9.82. The first-order chi connectivity index (χ1) is 14.5. The first-order valence-electron chi connectivity index (χ1n) is 10.2. The Labute approximate surface area is 175 Å². The van der Waals surface area contributed by atoms with E-state index < -0.39 is 11.8 Å². The lowest BCUT2D eigenvalue weighted by Gasteiger charge is -2.29. The van der Waals surface area contributed by atoms with Crippen molar-refractivity contribution in [1.82, 2.24) is 5.32 Å². The fourth-order valence-corrected chi connectivity index (χ4v) is 3.80. The van der Waals surface area contributed by atoms with E-state index in [9.17, 15) is 14.0 Å². The van der Waals surface area contributed by atoms with Gasteiger partial charge in [-0.05, 0) is 67.9 Å². The number of ether oxygens (including phenoxy) is 1. The highest BCUT2D eigenvalue weighted by molar-refractivity contribution is 5.99. The number of carboxylic acids is 1. The van der Waals surface area contributed by atoms with Crippen molar-refractivity contribution in [2.45, 2.75) is 25.7 Å². The summed E-state index contributed by atoms with van der Waals surface area (Å²) in [6, 6.07) is 14.9. The Morgan fingerprint density at radius 2 is 1.67 bits per heavy atom. The predicted molar refractivity (Wildman–Crippen MR) is 112 cm³/mol. The molecule has 0 saturated heterocycles. The summed E-state index contributed by atoms with van der Waals surface area (Å²) < 4.78 is 19.0. The van der Waals surface area contributed by atoms with E-state index in [0.717, 1.165) is 25.7 Å². The average molecular weight is 414 g/mol. The van der Waals surface area contributed by atoms with Crippen LogP contribution in [0, 0.1) is 17.7 Å². The molecule has 160 valence electrons. The number of carbonyl (C=O) groups excluding carboxylic acids is 1. The monoisotopic (exact) mass is 414 g/mol. The summed E-state index contributed by atoms with van der Waals surface area (Å²) in [7, 11) is 0. The molecule has 0 aromatic heterocycles. The minimum absolute atomic E-state index is 0.259. The molecule has 2 aromatic rings. The topological polar surface area (TPSA) is 78.9 Å². The largest absolute Gasteiger partial charge is 0.480 e. The maximum atomic E-state index is 13.8. The predicted octanol–water partition coefficient (Wildman–Crippen LogP) is 4.58. The van der Waals surface area contributed by atoms with Gasteiger partial charge < -0.3 is 15.2 Å². The number of hydrogen-bond donors (Lipinski definition) is 2. The Morgan fingerprint density at radius 1 is 1.00 bits per heavy atom. The van der Waals surface area contributed by atoms with E-state index in [1.807, 2.05) is 30.3 Å². The first-order valence-corrected chi connectivity index (χ1v) is 10.2. The molecule has 6 nitrogen and oxygen atoms in total. The molecule has 1 aliphatic rings. The molecule has 0 heterocycles. The number of nitrogens with zero attached hydrogens (tertiary/aromatic N) is 1. The molecule has 0 unspecified atom stereocenters. The Kier molecular flexibility index (Phi) is 7.79. The van der Waals surface area contributed by atoms with Gasteiger partial charge in [-0.2, -0.15) is 0 Å². The van der Waals surface area contributed by atoms with Crippen molar-refractivity contribution in [2.24, 2.45) is 11.8 Å². The quantitative estimate of drug-likeness (QED) is 0.663. The van der Waals surface area contributed by atoms with Crippen LogP contribution in [0.25, 0.3) is 0 Å². The van der Waals surface area contributed by atoms with E-state index in [4.69, 9.17) is 9.84 Å². The summed E-state index contributed by atoms with van der Waals surface area (Å²) in [4.78, 5) is 25.0. The maximum Gasteiger partial charge on any atom is 0.329 e. The summed E-state index contributed by atoms with van der Waals surface area (Å²) in [6.07, 6.45) is 3.80. The van der Waals surface area contributed by atoms with Gasteiger partial charge in [0.2, 0.25) is 0 Å². The smallest absolute Gasteiger partial charge is 0.329 e. The SMILES string of the molecule is O=C(O)COCC1CCC(CNC(=O)N(c2ccccc2)c2cccc(F)c2)CC1. The second kappa shape index (κ2) is 10.7. The molecule has 0 spiro atoms. The number of amides is 2. The van der Waals surface area contributed by atoms with Gasteiger partial charge in [-0.1, -0.05) is 24.3 Å². The number of halogens is 1. The van der Waals surface area contributed by atoms with Crippen LogP contribution in [-0.2, 0) is 9.53 Å². The molecule has 0 atom stereocenters. The number of aliphatic carboxylic acids is 1. The number of nitrogens with one attached hydrogen (secondary N) is 1.